The van der Waals surface area contributed by atoms with Gasteiger partial charge in [0.15, 0.2) is 11.5 Å². The van der Waals surface area contributed by atoms with Gasteiger partial charge in [-0.2, -0.15) is 0 Å². The van der Waals surface area contributed by atoms with E-state index in [-0.39, 0.29) is 23.2 Å². The van der Waals surface area contributed by atoms with E-state index < -0.39 is 6.10 Å². The maximum atomic E-state index is 11.3. The fourth-order valence-corrected chi connectivity index (χ4v) is 2.10. The normalized spacial score (nSPS) is 25.7. The monoisotopic (exact) mass is 222 g/mol. The van der Waals surface area contributed by atoms with Gasteiger partial charge >= 0.3 is 0 Å². The maximum absolute atomic E-state index is 11.3. The van der Waals surface area contributed by atoms with Crippen LogP contribution in [0.5, 0.6) is 11.5 Å². The number of rotatable bonds is 1. The molecule has 1 aliphatic carbocycles. The number of carbonyl (C=O) groups is 1. The van der Waals surface area contributed by atoms with Gasteiger partial charge in [-0.1, -0.05) is 6.07 Å². The fourth-order valence-electron chi connectivity index (χ4n) is 2.10. The molecule has 4 heteroatoms. The molecular weight excluding hydrogens is 208 g/mol. The Morgan fingerprint density at radius 2 is 1.94 bits per heavy atom. The highest BCUT2D eigenvalue weighted by Crippen LogP contribution is 2.35. The molecule has 0 spiro atoms. The predicted molar refractivity (Wildman–Crippen MR) is 57.4 cm³/mol. The van der Waals surface area contributed by atoms with Gasteiger partial charge in [0.05, 0.1) is 6.10 Å². The van der Waals surface area contributed by atoms with Crippen LogP contribution in [0.3, 0.4) is 0 Å². The Hall–Kier alpha value is -1.55. The second-order valence-corrected chi connectivity index (χ2v) is 4.20. The van der Waals surface area contributed by atoms with Gasteiger partial charge in [-0.15, -0.1) is 0 Å². The Morgan fingerprint density at radius 1 is 1.19 bits per heavy atom. The molecule has 16 heavy (non-hydrogen) atoms. The maximum Gasteiger partial charge on any atom is 0.157 e. The number of hydrogen-bond acceptors (Lipinski definition) is 4. The first-order chi connectivity index (χ1) is 7.58. The number of phenols is 2. The number of ketones is 1. The minimum absolute atomic E-state index is 0.128. The first-order valence-corrected chi connectivity index (χ1v) is 5.29. The van der Waals surface area contributed by atoms with Crippen molar-refractivity contribution in [3.05, 3.63) is 23.8 Å². The molecule has 0 bridgehead atoms. The minimum Gasteiger partial charge on any atom is -0.504 e. The topological polar surface area (TPSA) is 77.8 Å². The molecule has 3 N–H and O–H groups in total. The van der Waals surface area contributed by atoms with Crippen LogP contribution >= 0.6 is 0 Å². The molecular formula is C12H14O4. The Balaban J connectivity index is 2.28. The summed E-state index contributed by atoms with van der Waals surface area (Å²) in [4.78, 5) is 11.3. The first kappa shape index (κ1) is 11.0. The van der Waals surface area contributed by atoms with Crippen LogP contribution in [0.2, 0.25) is 0 Å². The van der Waals surface area contributed by atoms with E-state index in [1.807, 2.05) is 0 Å². The molecule has 0 heterocycles. The van der Waals surface area contributed by atoms with Gasteiger partial charge in [-0.05, 0) is 24.1 Å². The molecule has 0 aliphatic heterocycles. The number of aliphatic hydroxyl groups is 1. The van der Waals surface area contributed by atoms with Crippen LogP contribution in [0.4, 0.5) is 0 Å². The van der Waals surface area contributed by atoms with Crippen molar-refractivity contribution in [3.8, 4) is 11.5 Å². The molecule has 0 radical (unpaired) electrons. The van der Waals surface area contributed by atoms with Gasteiger partial charge < -0.3 is 15.3 Å². The SMILES string of the molecule is O=C1CCC(O)C(c2ccc(O)c(O)c2)C1. The third-order valence-electron chi connectivity index (χ3n) is 3.06. The van der Waals surface area contributed by atoms with Crippen molar-refractivity contribution in [2.24, 2.45) is 0 Å². The molecule has 0 amide bonds. The smallest absolute Gasteiger partial charge is 0.157 e. The number of phenolic OH excluding ortho intramolecular Hbond substituents is 2. The van der Waals surface area contributed by atoms with Gasteiger partial charge in [-0.3, -0.25) is 4.79 Å². The summed E-state index contributed by atoms with van der Waals surface area (Å²) < 4.78 is 0. The number of hydrogen-bond donors (Lipinski definition) is 3. The Bertz CT molecular complexity index is 413. The van der Waals surface area contributed by atoms with Gasteiger partial charge in [0.2, 0.25) is 0 Å². The summed E-state index contributed by atoms with van der Waals surface area (Å²) in [5.41, 5.74) is 0.691. The molecule has 1 aliphatic rings. The average molecular weight is 222 g/mol. The van der Waals surface area contributed by atoms with Crippen molar-refractivity contribution in [2.45, 2.75) is 31.3 Å². The zero-order valence-corrected chi connectivity index (χ0v) is 8.76. The van der Waals surface area contributed by atoms with Crippen LogP contribution in [0, 0.1) is 0 Å². The summed E-state index contributed by atoms with van der Waals surface area (Å²) in [5.74, 6) is -0.557. The van der Waals surface area contributed by atoms with Crippen molar-refractivity contribution in [1.82, 2.24) is 0 Å². The van der Waals surface area contributed by atoms with Gasteiger partial charge in [0, 0.05) is 18.8 Å². The van der Waals surface area contributed by atoms with E-state index in [4.69, 9.17) is 0 Å². The molecule has 2 atom stereocenters. The molecule has 86 valence electrons. The molecule has 1 saturated carbocycles. The number of benzene rings is 1. The summed E-state index contributed by atoms with van der Waals surface area (Å²) >= 11 is 0. The third kappa shape index (κ3) is 2.02. The highest BCUT2D eigenvalue weighted by Gasteiger charge is 2.29. The van der Waals surface area contributed by atoms with Crippen molar-refractivity contribution < 1.29 is 20.1 Å². The van der Waals surface area contributed by atoms with Crippen molar-refractivity contribution >= 4 is 5.78 Å². The summed E-state index contributed by atoms with van der Waals surface area (Å²) in [6.07, 6.45) is 0.625. The zero-order chi connectivity index (χ0) is 11.7. The van der Waals surface area contributed by atoms with E-state index in [2.05, 4.69) is 0 Å². The third-order valence-corrected chi connectivity index (χ3v) is 3.06. The van der Waals surface area contributed by atoms with E-state index in [1.54, 1.807) is 6.07 Å². The number of carbonyl (C=O) groups excluding carboxylic acids is 1. The molecule has 4 nitrogen and oxygen atoms in total. The number of aromatic hydroxyl groups is 2. The zero-order valence-electron chi connectivity index (χ0n) is 8.76. The molecule has 0 aromatic heterocycles. The molecule has 2 rings (SSSR count). The summed E-state index contributed by atoms with van der Waals surface area (Å²) in [7, 11) is 0. The van der Waals surface area contributed by atoms with E-state index in [1.165, 1.54) is 12.1 Å². The largest absolute Gasteiger partial charge is 0.504 e. The standard InChI is InChI=1S/C12H14O4/c13-8-2-4-10(14)9(6-8)7-1-3-11(15)12(16)5-7/h1,3,5,9-10,14-16H,2,4,6H2. The van der Waals surface area contributed by atoms with Crippen molar-refractivity contribution in [2.75, 3.05) is 0 Å². The summed E-state index contributed by atoms with van der Waals surface area (Å²) in [6.45, 7) is 0. The molecule has 0 saturated heterocycles. The fraction of sp³-hybridized carbons (Fsp3) is 0.417. The lowest BCUT2D eigenvalue weighted by molar-refractivity contribution is -0.122. The second kappa shape index (κ2) is 4.14. The van der Waals surface area contributed by atoms with Crippen LogP contribution in [0.25, 0.3) is 0 Å². The molecule has 1 fully saturated rings. The predicted octanol–water partition coefficient (Wildman–Crippen LogP) is 1.30. The van der Waals surface area contributed by atoms with Crippen LogP contribution in [-0.2, 0) is 4.79 Å². The number of aliphatic hydroxyl groups excluding tert-OH is 1. The highest BCUT2D eigenvalue weighted by molar-refractivity contribution is 5.80. The van der Waals surface area contributed by atoms with E-state index in [9.17, 15) is 20.1 Å². The Labute approximate surface area is 93.2 Å². The second-order valence-electron chi connectivity index (χ2n) is 4.20. The average Bonchev–Trinajstić information content (AvgIpc) is 2.26. The quantitative estimate of drug-likeness (QED) is 0.626. The van der Waals surface area contributed by atoms with Crippen LogP contribution in [-0.4, -0.2) is 27.2 Å². The lowest BCUT2D eigenvalue weighted by Gasteiger charge is -2.27. The van der Waals surface area contributed by atoms with Crippen LogP contribution in [0.1, 0.15) is 30.7 Å². The lowest BCUT2D eigenvalue weighted by atomic mass is 9.81. The molecule has 1 aromatic carbocycles. The van der Waals surface area contributed by atoms with Gasteiger partial charge in [-0.25, -0.2) is 0 Å². The Morgan fingerprint density at radius 3 is 2.62 bits per heavy atom. The van der Waals surface area contributed by atoms with Gasteiger partial charge in [0.1, 0.15) is 5.78 Å². The van der Waals surface area contributed by atoms with Crippen LogP contribution < -0.4 is 0 Å². The Kier molecular flexibility index (Phi) is 2.83. The lowest BCUT2D eigenvalue weighted by Crippen LogP contribution is -2.27. The van der Waals surface area contributed by atoms with Crippen molar-refractivity contribution in [1.29, 1.82) is 0 Å². The number of Topliss-reactive ketones (excluding diaryl/α,β-unsaturated/α-hetero) is 1. The first-order valence-electron chi connectivity index (χ1n) is 5.29. The highest BCUT2D eigenvalue weighted by atomic mass is 16.3. The van der Waals surface area contributed by atoms with E-state index in [0.717, 1.165) is 0 Å². The summed E-state index contributed by atoms with van der Waals surface area (Å²) in [5, 5.41) is 28.4. The summed E-state index contributed by atoms with van der Waals surface area (Å²) in [6, 6.07) is 4.40. The van der Waals surface area contributed by atoms with Gasteiger partial charge in [0.25, 0.3) is 0 Å². The van der Waals surface area contributed by atoms with E-state index >= 15 is 0 Å². The van der Waals surface area contributed by atoms with Crippen LogP contribution in [0.15, 0.2) is 18.2 Å². The van der Waals surface area contributed by atoms with Crippen molar-refractivity contribution in [3.63, 3.8) is 0 Å². The molecule has 1 aromatic rings. The minimum atomic E-state index is -0.554. The molecule has 2 unspecified atom stereocenters. The van der Waals surface area contributed by atoms with E-state index in [0.29, 0.717) is 24.8 Å².